The van der Waals surface area contributed by atoms with Crippen LogP contribution >= 0.6 is 12.4 Å². The molecule has 0 aliphatic rings. The van der Waals surface area contributed by atoms with Gasteiger partial charge in [-0.05, 0) is 21.0 Å². The fourth-order valence-corrected chi connectivity index (χ4v) is 0.993. The van der Waals surface area contributed by atoms with Gasteiger partial charge in [-0.15, -0.1) is 12.4 Å². The molecular formula is C10H18ClNO4. The number of likely N-dealkylation sites (N-methyl/N-ethyl adjacent to an activating group) is 1. The van der Waals surface area contributed by atoms with Gasteiger partial charge in [-0.25, -0.2) is 9.59 Å². The minimum Gasteiger partial charge on any atom is -0.466 e. The predicted octanol–water partition coefficient (Wildman–Crippen LogP) is 0.631. The Bertz CT molecular complexity index is 253. The van der Waals surface area contributed by atoms with Crippen molar-refractivity contribution in [2.45, 2.75) is 13.0 Å². The Labute approximate surface area is 102 Å². The molecule has 5 nitrogen and oxygen atoms in total. The molecule has 0 aliphatic heterocycles. The maximum atomic E-state index is 11.1. The SMILES string of the molecule is COC(=O)/C=C/C(=O)OC(C)CN(C)C.Cl. The molecule has 0 spiro atoms. The number of esters is 2. The van der Waals surface area contributed by atoms with Gasteiger partial charge in [0.2, 0.25) is 0 Å². The lowest BCUT2D eigenvalue weighted by Crippen LogP contribution is -2.27. The van der Waals surface area contributed by atoms with Crippen LogP contribution in [0, 0.1) is 0 Å². The first-order valence-corrected chi connectivity index (χ1v) is 4.57. The van der Waals surface area contributed by atoms with Gasteiger partial charge in [-0.1, -0.05) is 0 Å². The smallest absolute Gasteiger partial charge is 0.331 e. The zero-order valence-corrected chi connectivity index (χ0v) is 10.7. The number of rotatable bonds is 5. The maximum absolute atomic E-state index is 11.1. The van der Waals surface area contributed by atoms with Crippen LogP contribution in [0.2, 0.25) is 0 Å². The Balaban J connectivity index is 0. The molecule has 0 aromatic rings. The molecule has 6 heteroatoms. The van der Waals surface area contributed by atoms with Crippen molar-refractivity contribution in [3.63, 3.8) is 0 Å². The number of halogens is 1. The largest absolute Gasteiger partial charge is 0.466 e. The van der Waals surface area contributed by atoms with Crippen LogP contribution in [0.15, 0.2) is 12.2 Å². The lowest BCUT2D eigenvalue weighted by molar-refractivity contribution is -0.143. The summed E-state index contributed by atoms with van der Waals surface area (Å²) in [6.45, 7) is 2.42. The van der Waals surface area contributed by atoms with E-state index in [9.17, 15) is 9.59 Å². The van der Waals surface area contributed by atoms with Crippen LogP contribution in [-0.4, -0.2) is 50.7 Å². The second kappa shape index (κ2) is 9.18. The highest BCUT2D eigenvalue weighted by molar-refractivity contribution is 5.91. The first kappa shape index (κ1) is 17.3. The number of carbonyl (C=O) groups excluding carboxylic acids is 2. The van der Waals surface area contributed by atoms with Gasteiger partial charge in [-0.3, -0.25) is 0 Å². The zero-order valence-electron chi connectivity index (χ0n) is 9.93. The minimum absolute atomic E-state index is 0. The van der Waals surface area contributed by atoms with Gasteiger partial charge in [0.1, 0.15) is 6.10 Å². The lowest BCUT2D eigenvalue weighted by Gasteiger charge is -2.16. The van der Waals surface area contributed by atoms with Gasteiger partial charge >= 0.3 is 11.9 Å². The second-order valence-electron chi connectivity index (χ2n) is 3.37. The van der Waals surface area contributed by atoms with Crippen LogP contribution in [-0.2, 0) is 19.1 Å². The molecule has 0 N–H and O–H groups in total. The number of hydrogen-bond donors (Lipinski definition) is 0. The second-order valence-corrected chi connectivity index (χ2v) is 3.37. The summed E-state index contributed by atoms with van der Waals surface area (Å²) >= 11 is 0. The van der Waals surface area contributed by atoms with E-state index in [1.165, 1.54) is 7.11 Å². The Hall–Kier alpha value is -1.07. The number of hydrogen-bond acceptors (Lipinski definition) is 5. The molecule has 0 heterocycles. The average Bonchev–Trinajstić information content (AvgIpc) is 2.12. The van der Waals surface area contributed by atoms with Gasteiger partial charge in [0.05, 0.1) is 7.11 Å². The molecule has 0 saturated heterocycles. The Morgan fingerprint density at radius 2 is 1.75 bits per heavy atom. The monoisotopic (exact) mass is 251 g/mol. The summed E-state index contributed by atoms with van der Waals surface area (Å²) in [5, 5.41) is 0. The third-order valence-electron chi connectivity index (χ3n) is 1.50. The lowest BCUT2D eigenvalue weighted by atomic mass is 10.4. The van der Waals surface area contributed by atoms with Crippen LogP contribution in [0.3, 0.4) is 0 Å². The van der Waals surface area contributed by atoms with Crippen molar-refractivity contribution in [1.82, 2.24) is 4.90 Å². The van der Waals surface area contributed by atoms with Crippen LogP contribution in [0.25, 0.3) is 0 Å². The van der Waals surface area contributed by atoms with E-state index in [0.29, 0.717) is 6.54 Å². The molecule has 94 valence electrons. The summed E-state index contributed by atoms with van der Waals surface area (Å²) in [6.07, 6.45) is 1.87. The minimum atomic E-state index is -0.577. The molecule has 0 aromatic carbocycles. The zero-order chi connectivity index (χ0) is 11.8. The molecule has 0 saturated carbocycles. The highest BCUT2D eigenvalue weighted by Crippen LogP contribution is 1.94. The van der Waals surface area contributed by atoms with Crippen LogP contribution in [0.5, 0.6) is 0 Å². The topological polar surface area (TPSA) is 55.8 Å². The summed E-state index contributed by atoms with van der Waals surface area (Å²) in [4.78, 5) is 23.7. The van der Waals surface area contributed by atoms with Gasteiger partial charge in [0, 0.05) is 18.7 Å². The predicted molar refractivity (Wildman–Crippen MR) is 62.5 cm³/mol. The number of nitrogens with zero attached hydrogens (tertiary/aromatic N) is 1. The standard InChI is InChI=1S/C10H17NO4.ClH/c1-8(7-11(2)3)15-10(13)6-5-9(12)14-4;/h5-6,8H,7H2,1-4H3;1H/b6-5+;. The molecule has 0 fully saturated rings. The highest BCUT2D eigenvalue weighted by Gasteiger charge is 2.07. The normalized spacial score (nSPS) is 12.1. The molecule has 0 rings (SSSR count). The number of ether oxygens (including phenoxy) is 2. The molecular weight excluding hydrogens is 234 g/mol. The summed E-state index contributed by atoms with van der Waals surface area (Å²) in [5.74, 6) is -1.12. The van der Waals surface area contributed by atoms with Crippen molar-refractivity contribution in [2.75, 3.05) is 27.7 Å². The van der Waals surface area contributed by atoms with Crippen LogP contribution in [0.4, 0.5) is 0 Å². The fourth-order valence-electron chi connectivity index (χ4n) is 0.993. The van der Waals surface area contributed by atoms with E-state index in [-0.39, 0.29) is 18.5 Å². The summed E-state index contributed by atoms with van der Waals surface area (Å²) in [6, 6.07) is 0. The van der Waals surface area contributed by atoms with Gasteiger partial charge in [-0.2, -0.15) is 0 Å². The molecule has 1 atom stereocenters. The Kier molecular flexibility index (Phi) is 9.94. The van der Waals surface area contributed by atoms with Gasteiger partial charge < -0.3 is 14.4 Å². The van der Waals surface area contributed by atoms with Gasteiger partial charge in [0.15, 0.2) is 0 Å². The van der Waals surface area contributed by atoms with Crippen molar-refractivity contribution >= 4 is 24.3 Å². The molecule has 0 radical (unpaired) electrons. The third-order valence-corrected chi connectivity index (χ3v) is 1.50. The first-order valence-electron chi connectivity index (χ1n) is 4.57. The van der Waals surface area contributed by atoms with Crippen LogP contribution < -0.4 is 0 Å². The molecule has 0 aliphatic carbocycles. The molecule has 0 amide bonds. The molecule has 16 heavy (non-hydrogen) atoms. The number of carbonyl (C=O) groups is 2. The first-order chi connectivity index (χ1) is 6.95. The number of methoxy groups -OCH3 is 1. The Morgan fingerprint density at radius 1 is 1.25 bits per heavy atom. The van der Waals surface area contributed by atoms with E-state index in [1.54, 1.807) is 6.92 Å². The van der Waals surface area contributed by atoms with E-state index in [4.69, 9.17) is 4.74 Å². The van der Waals surface area contributed by atoms with Gasteiger partial charge in [0.25, 0.3) is 0 Å². The van der Waals surface area contributed by atoms with Crippen molar-refractivity contribution in [1.29, 1.82) is 0 Å². The average molecular weight is 252 g/mol. The quantitative estimate of drug-likeness (QED) is 0.530. The van der Waals surface area contributed by atoms with Crippen molar-refractivity contribution in [3.05, 3.63) is 12.2 Å². The van der Waals surface area contributed by atoms with E-state index in [1.807, 2.05) is 19.0 Å². The van der Waals surface area contributed by atoms with Crippen LogP contribution in [0.1, 0.15) is 6.92 Å². The third kappa shape index (κ3) is 9.48. The fraction of sp³-hybridized carbons (Fsp3) is 0.600. The van der Waals surface area contributed by atoms with E-state index in [0.717, 1.165) is 12.2 Å². The summed E-state index contributed by atoms with van der Waals surface area (Å²) in [5.41, 5.74) is 0. The summed E-state index contributed by atoms with van der Waals surface area (Å²) in [7, 11) is 5.01. The molecule has 1 unspecified atom stereocenters. The summed E-state index contributed by atoms with van der Waals surface area (Å²) < 4.78 is 9.31. The van der Waals surface area contributed by atoms with E-state index >= 15 is 0 Å². The highest BCUT2D eigenvalue weighted by atomic mass is 35.5. The van der Waals surface area contributed by atoms with Crippen molar-refractivity contribution in [3.8, 4) is 0 Å². The Morgan fingerprint density at radius 3 is 2.19 bits per heavy atom. The van der Waals surface area contributed by atoms with Crippen molar-refractivity contribution < 1.29 is 19.1 Å². The molecule has 0 aromatic heterocycles. The van der Waals surface area contributed by atoms with E-state index < -0.39 is 11.9 Å². The van der Waals surface area contributed by atoms with E-state index in [2.05, 4.69) is 4.74 Å². The van der Waals surface area contributed by atoms with Crippen molar-refractivity contribution in [2.24, 2.45) is 0 Å². The maximum Gasteiger partial charge on any atom is 0.331 e. The molecule has 0 bridgehead atoms.